The predicted molar refractivity (Wildman–Crippen MR) is 133 cm³/mol. The molecule has 3 rings (SSSR count). The Bertz CT molecular complexity index is 1260. The largest absolute Gasteiger partial charge is 0.349 e. The van der Waals surface area contributed by atoms with Crippen LogP contribution in [0.15, 0.2) is 101 Å². The lowest BCUT2D eigenvalue weighted by atomic mass is 10.1. The Balaban J connectivity index is 1.91. The van der Waals surface area contributed by atoms with Gasteiger partial charge in [0.15, 0.2) is 0 Å². The Kier molecular flexibility index (Phi) is 8.02. The second-order valence-electron chi connectivity index (χ2n) is 6.90. The average molecular weight is 528 g/mol. The van der Waals surface area contributed by atoms with E-state index in [1.54, 1.807) is 72.8 Å². The lowest BCUT2D eigenvalue weighted by Gasteiger charge is -2.24. The highest BCUT2D eigenvalue weighted by Gasteiger charge is 2.27. The summed E-state index contributed by atoms with van der Waals surface area (Å²) < 4.78 is 28.5. The van der Waals surface area contributed by atoms with Crippen LogP contribution in [0.3, 0.4) is 0 Å². The fraction of sp³-hybridized carbons (Fsp3) is 0.0833. The van der Waals surface area contributed by atoms with Crippen molar-refractivity contribution < 1.29 is 18.0 Å². The molecule has 0 radical (unpaired) electrons. The number of halogens is 1. The number of rotatable bonds is 9. The van der Waals surface area contributed by atoms with Crippen molar-refractivity contribution in [2.75, 3.05) is 22.7 Å². The molecule has 0 saturated carbocycles. The van der Waals surface area contributed by atoms with Crippen LogP contribution in [0.2, 0.25) is 0 Å². The van der Waals surface area contributed by atoms with Gasteiger partial charge in [-0.05, 0) is 42.5 Å². The van der Waals surface area contributed by atoms with Crippen molar-refractivity contribution in [3.63, 3.8) is 0 Å². The molecule has 2 amide bonds. The molecule has 9 heteroatoms. The number of amides is 2. The molecular weight excluding hydrogens is 506 g/mol. The maximum atomic E-state index is 13.4. The maximum absolute atomic E-state index is 13.4. The van der Waals surface area contributed by atoms with Crippen molar-refractivity contribution in [1.29, 1.82) is 0 Å². The average Bonchev–Trinajstić information content (AvgIpc) is 2.82. The summed E-state index contributed by atoms with van der Waals surface area (Å²) in [5, 5.41) is 5.32. The first-order chi connectivity index (χ1) is 15.8. The van der Waals surface area contributed by atoms with Gasteiger partial charge >= 0.3 is 0 Å². The number of anilines is 2. The molecule has 0 spiro atoms. The van der Waals surface area contributed by atoms with Gasteiger partial charge in [0.05, 0.1) is 21.8 Å². The van der Waals surface area contributed by atoms with E-state index in [9.17, 15) is 18.0 Å². The number of hydrogen-bond donors (Lipinski definition) is 2. The summed E-state index contributed by atoms with van der Waals surface area (Å²) in [6.07, 6.45) is 1.55. The molecular formula is C24H22BrN3O4S. The summed E-state index contributed by atoms with van der Waals surface area (Å²) in [6.45, 7) is 3.34. The molecule has 7 nitrogen and oxygen atoms in total. The first-order valence-electron chi connectivity index (χ1n) is 9.94. The predicted octanol–water partition coefficient (Wildman–Crippen LogP) is 4.20. The minimum absolute atomic E-state index is 0.0574. The monoisotopic (exact) mass is 527 g/mol. The summed E-state index contributed by atoms with van der Waals surface area (Å²) >= 11 is 3.35. The van der Waals surface area contributed by atoms with Crippen molar-refractivity contribution in [3.05, 3.63) is 102 Å². The van der Waals surface area contributed by atoms with Crippen LogP contribution in [0.1, 0.15) is 10.4 Å². The van der Waals surface area contributed by atoms with Crippen LogP contribution in [0.4, 0.5) is 11.4 Å². The van der Waals surface area contributed by atoms with Crippen molar-refractivity contribution in [1.82, 2.24) is 5.32 Å². The number of carbonyl (C=O) groups excluding carboxylic acids is 2. The van der Waals surface area contributed by atoms with Gasteiger partial charge in [-0.3, -0.25) is 13.9 Å². The van der Waals surface area contributed by atoms with E-state index in [0.29, 0.717) is 10.2 Å². The first-order valence-corrected chi connectivity index (χ1v) is 12.2. The number of para-hydroxylation sites is 1. The third-order valence-electron chi connectivity index (χ3n) is 4.57. The van der Waals surface area contributed by atoms with Crippen LogP contribution in [0, 0.1) is 0 Å². The molecule has 3 aromatic carbocycles. The normalized spacial score (nSPS) is 10.8. The van der Waals surface area contributed by atoms with E-state index in [1.165, 1.54) is 12.1 Å². The van der Waals surface area contributed by atoms with Gasteiger partial charge in [-0.2, -0.15) is 0 Å². The van der Waals surface area contributed by atoms with E-state index in [1.807, 2.05) is 0 Å². The van der Waals surface area contributed by atoms with Gasteiger partial charge in [-0.1, -0.05) is 58.4 Å². The quantitative estimate of drug-likeness (QED) is 0.407. The number of carbonyl (C=O) groups is 2. The summed E-state index contributed by atoms with van der Waals surface area (Å²) in [5.74, 6) is -0.981. The van der Waals surface area contributed by atoms with Crippen LogP contribution in [0.25, 0.3) is 0 Å². The van der Waals surface area contributed by atoms with Crippen LogP contribution in [-0.2, 0) is 14.8 Å². The van der Waals surface area contributed by atoms with Gasteiger partial charge in [0.1, 0.15) is 6.54 Å². The van der Waals surface area contributed by atoms with Crippen LogP contribution in [-0.4, -0.2) is 33.3 Å². The van der Waals surface area contributed by atoms with Crippen LogP contribution < -0.4 is 14.9 Å². The third kappa shape index (κ3) is 6.09. The Labute approximate surface area is 201 Å². The zero-order chi connectivity index (χ0) is 23.8. The minimum atomic E-state index is -4.04. The fourth-order valence-electron chi connectivity index (χ4n) is 3.04. The van der Waals surface area contributed by atoms with Crippen molar-refractivity contribution in [3.8, 4) is 0 Å². The molecule has 33 heavy (non-hydrogen) atoms. The van der Waals surface area contributed by atoms with E-state index < -0.39 is 22.5 Å². The minimum Gasteiger partial charge on any atom is -0.349 e. The highest BCUT2D eigenvalue weighted by atomic mass is 79.9. The fourth-order valence-corrected chi connectivity index (χ4v) is 4.86. The second-order valence-corrected chi connectivity index (χ2v) is 9.68. The Morgan fingerprint density at radius 1 is 0.970 bits per heavy atom. The van der Waals surface area contributed by atoms with E-state index in [-0.39, 0.29) is 28.6 Å². The molecule has 2 N–H and O–H groups in total. The van der Waals surface area contributed by atoms with E-state index in [2.05, 4.69) is 33.1 Å². The van der Waals surface area contributed by atoms with Gasteiger partial charge < -0.3 is 10.6 Å². The number of nitrogens with zero attached hydrogens (tertiary/aromatic N) is 1. The van der Waals surface area contributed by atoms with Gasteiger partial charge in [-0.15, -0.1) is 6.58 Å². The Morgan fingerprint density at radius 3 is 2.36 bits per heavy atom. The molecule has 0 aliphatic rings. The van der Waals surface area contributed by atoms with Gasteiger partial charge in [0, 0.05) is 11.0 Å². The lowest BCUT2D eigenvalue weighted by molar-refractivity contribution is -0.114. The molecule has 0 atom stereocenters. The summed E-state index contributed by atoms with van der Waals surface area (Å²) in [6, 6.07) is 21.0. The van der Waals surface area contributed by atoms with Crippen molar-refractivity contribution >= 4 is 49.1 Å². The lowest BCUT2D eigenvalue weighted by Crippen LogP contribution is -2.38. The van der Waals surface area contributed by atoms with Crippen molar-refractivity contribution in [2.24, 2.45) is 0 Å². The van der Waals surface area contributed by atoms with Gasteiger partial charge in [0.2, 0.25) is 5.91 Å². The molecule has 0 heterocycles. The topological polar surface area (TPSA) is 95.6 Å². The Morgan fingerprint density at radius 2 is 1.67 bits per heavy atom. The Hall–Kier alpha value is -3.43. The number of benzene rings is 3. The molecule has 0 unspecified atom stereocenters. The van der Waals surface area contributed by atoms with Crippen LogP contribution >= 0.6 is 15.9 Å². The zero-order valence-corrected chi connectivity index (χ0v) is 20.0. The summed E-state index contributed by atoms with van der Waals surface area (Å²) in [4.78, 5) is 25.4. The van der Waals surface area contributed by atoms with E-state index in [0.717, 1.165) is 4.31 Å². The molecule has 0 bridgehead atoms. The van der Waals surface area contributed by atoms with Gasteiger partial charge in [0.25, 0.3) is 15.9 Å². The highest BCUT2D eigenvalue weighted by Crippen LogP contribution is 2.26. The number of hydrogen-bond acceptors (Lipinski definition) is 4. The number of sulfonamides is 1. The summed E-state index contributed by atoms with van der Waals surface area (Å²) in [7, 11) is -4.04. The zero-order valence-electron chi connectivity index (χ0n) is 17.6. The molecule has 3 aromatic rings. The van der Waals surface area contributed by atoms with Crippen LogP contribution in [0.5, 0.6) is 0 Å². The summed E-state index contributed by atoms with van der Waals surface area (Å²) in [5.41, 5.74) is 0.850. The molecule has 0 saturated heterocycles. The van der Waals surface area contributed by atoms with E-state index in [4.69, 9.17) is 0 Å². The molecule has 0 aliphatic carbocycles. The first kappa shape index (κ1) is 24.2. The van der Waals surface area contributed by atoms with E-state index >= 15 is 0 Å². The second kappa shape index (κ2) is 10.9. The molecule has 0 aromatic heterocycles. The SMILES string of the molecule is C=CCNC(=O)c1ccccc1NC(=O)CN(c1cccc(Br)c1)S(=O)(=O)c1ccccc1. The van der Waals surface area contributed by atoms with Gasteiger partial charge in [-0.25, -0.2) is 8.42 Å². The highest BCUT2D eigenvalue weighted by molar-refractivity contribution is 9.10. The molecule has 0 aliphatic heterocycles. The van der Waals surface area contributed by atoms with Crippen molar-refractivity contribution in [2.45, 2.75) is 4.90 Å². The standard InChI is InChI=1S/C24H22BrN3O4S/c1-2-15-26-24(30)21-13-6-7-14-22(21)27-23(29)17-28(19-10-8-9-18(25)16-19)33(31,32)20-11-4-3-5-12-20/h2-14,16H,1,15,17H2,(H,26,30)(H,27,29). The third-order valence-corrected chi connectivity index (χ3v) is 6.85. The smallest absolute Gasteiger partial charge is 0.264 e. The molecule has 170 valence electrons. The maximum Gasteiger partial charge on any atom is 0.264 e. The number of nitrogens with one attached hydrogen (secondary N) is 2. The molecule has 0 fully saturated rings.